The lowest BCUT2D eigenvalue weighted by atomic mass is 9.99. The van der Waals surface area contributed by atoms with E-state index in [0.717, 1.165) is 0 Å². The van der Waals surface area contributed by atoms with E-state index in [-0.39, 0.29) is 42.1 Å². The number of nitro benzene ring substituents is 1. The van der Waals surface area contributed by atoms with E-state index < -0.39 is 4.92 Å². The highest BCUT2D eigenvalue weighted by atomic mass is 16.6. The molecule has 0 radical (unpaired) electrons. The number of non-ortho nitro benzene ring substituents is 1. The third-order valence-electron chi connectivity index (χ3n) is 3.86. The molecule has 0 spiro atoms. The highest BCUT2D eigenvalue weighted by Gasteiger charge is 2.34. The second-order valence-electron chi connectivity index (χ2n) is 6.26. The van der Waals surface area contributed by atoms with Crippen molar-refractivity contribution >= 4 is 23.3 Å². The molecule has 0 saturated carbocycles. The summed E-state index contributed by atoms with van der Waals surface area (Å²) in [4.78, 5) is 33.9. The van der Waals surface area contributed by atoms with Crippen LogP contribution in [-0.4, -0.2) is 35.6 Å². The first kappa shape index (κ1) is 18.9. The van der Waals surface area contributed by atoms with Crippen LogP contribution in [0.15, 0.2) is 24.3 Å². The van der Waals surface area contributed by atoms with E-state index in [1.165, 1.54) is 24.3 Å². The number of rotatable bonds is 8. The summed E-state index contributed by atoms with van der Waals surface area (Å²) >= 11 is 0. The van der Waals surface area contributed by atoms with Gasteiger partial charge in [-0.1, -0.05) is 0 Å². The first-order valence-corrected chi connectivity index (χ1v) is 8.21. The zero-order chi connectivity index (χ0) is 18.4. The van der Waals surface area contributed by atoms with Crippen molar-refractivity contribution in [2.24, 2.45) is 5.92 Å². The molecule has 8 nitrogen and oxygen atoms in total. The van der Waals surface area contributed by atoms with Gasteiger partial charge in [0.15, 0.2) is 0 Å². The number of benzene rings is 1. The van der Waals surface area contributed by atoms with Crippen LogP contribution in [0.25, 0.3) is 0 Å². The molecule has 25 heavy (non-hydrogen) atoms. The van der Waals surface area contributed by atoms with E-state index in [1.54, 1.807) is 0 Å². The lowest BCUT2D eigenvalue weighted by Crippen LogP contribution is -2.18. The molecule has 1 fully saturated rings. The molecule has 2 atom stereocenters. The number of amides is 1. The van der Waals surface area contributed by atoms with Gasteiger partial charge in [0, 0.05) is 24.2 Å². The first-order chi connectivity index (χ1) is 11.8. The third-order valence-corrected chi connectivity index (χ3v) is 3.86. The van der Waals surface area contributed by atoms with E-state index in [9.17, 15) is 19.7 Å². The SMILES string of the molecule is CC(C)OC[C@@H]1C[C@@H](CCC(=O)Nc2ccc([N+](=O)[O-])cc2)C(=O)O1. The smallest absolute Gasteiger partial charge is 0.309 e. The highest BCUT2D eigenvalue weighted by Crippen LogP contribution is 2.26. The zero-order valence-corrected chi connectivity index (χ0v) is 14.3. The van der Waals surface area contributed by atoms with Gasteiger partial charge in [0.1, 0.15) is 6.10 Å². The number of nitro groups is 1. The van der Waals surface area contributed by atoms with E-state index in [1.807, 2.05) is 13.8 Å². The van der Waals surface area contributed by atoms with Gasteiger partial charge in [-0.25, -0.2) is 0 Å². The Balaban J connectivity index is 1.76. The number of hydrogen-bond acceptors (Lipinski definition) is 6. The fourth-order valence-corrected chi connectivity index (χ4v) is 2.55. The molecule has 0 aromatic heterocycles. The minimum Gasteiger partial charge on any atom is -0.460 e. The third kappa shape index (κ3) is 5.82. The second-order valence-corrected chi connectivity index (χ2v) is 6.26. The van der Waals surface area contributed by atoms with Crippen molar-refractivity contribution in [3.63, 3.8) is 0 Å². The molecule has 0 aliphatic carbocycles. The molecule has 2 rings (SSSR count). The molecule has 1 heterocycles. The first-order valence-electron chi connectivity index (χ1n) is 8.21. The van der Waals surface area contributed by atoms with Gasteiger partial charge in [0.05, 0.1) is 23.6 Å². The molecule has 0 unspecified atom stereocenters. The van der Waals surface area contributed by atoms with Crippen molar-refractivity contribution in [2.45, 2.75) is 45.3 Å². The number of anilines is 1. The van der Waals surface area contributed by atoms with E-state index in [4.69, 9.17) is 9.47 Å². The van der Waals surface area contributed by atoms with Crippen molar-refractivity contribution in [2.75, 3.05) is 11.9 Å². The van der Waals surface area contributed by atoms with Crippen LogP contribution < -0.4 is 5.32 Å². The van der Waals surface area contributed by atoms with Crippen molar-refractivity contribution in [3.8, 4) is 0 Å². The Bertz CT molecular complexity index is 629. The maximum absolute atomic E-state index is 12.0. The van der Waals surface area contributed by atoms with Gasteiger partial charge >= 0.3 is 5.97 Å². The van der Waals surface area contributed by atoms with Crippen LogP contribution >= 0.6 is 0 Å². The van der Waals surface area contributed by atoms with Crippen LogP contribution in [0.1, 0.15) is 33.1 Å². The molecule has 1 aromatic carbocycles. The topological polar surface area (TPSA) is 108 Å². The lowest BCUT2D eigenvalue weighted by Gasteiger charge is -2.12. The largest absolute Gasteiger partial charge is 0.460 e. The number of carbonyl (C=O) groups excluding carboxylic acids is 2. The Morgan fingerprint density at radius 1 is 1.40 bits per heavy atom. The van der Waals surface area contributed by atoms with Gasteiger partial charge in [-0.15, -0.1) is 0 Å². The van der Waals surface area contributed by atoms with Gasteiger partial charge in [0.25, 0.3) is 5.69 Å². The molecule has 0 bridgehead atoms. The Labute approximate surface area is 145 Å². The zero-order valence-electron chi connectivity index (χ0n) is 14.3. The number of cyclic esters (lactones) is 1. The Morgan fingerprint density at radius 2 is 2.08 bits per heavy atom. The van der Waals surface area contributed by atoms with Crippen molar-refractivity contribution in [1.82, 2.24) is 0 Å². The van der Waals surface area contributed by atoms with Gasteiger partial charge in [0.2, 0.25) is 5.91 Å². The molecule has 1 N–H and O–H groups in total. The quantitative estimate of drug-likeness (QED) is 0.439. The summed E-state index contributed by atoms with van der Waals surface area (Å²) in [6, 6.07) is 5.59. The van der Waals surface area contributed by atoms with Crippen LogP contribution in [0.3, 0.4) is 0 Å². The van der Waals surface area contributed by atoms with Crippen molar-refractivity contribution in [3.05, 3.63) is 34.4 Å². The summed E-state index contributed by atoms with van der Waals surface area (Å²) in [6.45, 7) is 4.20. The molecule has 8 heteroatoms. The summed E-state index contributed by atoms with van der Waals surface area (Å²) in [5.41, 5.74) is 0.439. The maximum Gasteiger partial charge on any atom is 0.309 e. The molecule has 136 valence electrons. The molecule has 1 amide bonds. The van der Waals surface area contributed by atoms with E-state index >= 15 is 0 Å². The monoisotopic (exact) mass is 350 g/mol. The van der Waals surface area contributed by atoms with Crippen LogP contribution in [0.4, 0.5) is 11.4 Å². The molecule has 1 saturated heterocycles. The van der Waals surface area contributed by atoms with Gasteiger partial charge in [-0.3, -0.25) is 19.7 Å². The summed E-state index contributed by atoms with van der Waals surface area (Å²) in [6.07, 6.45) is 0.948. The van der Waals surface area contributed by atoms with Crippen LogP contribution in [0.2, 0.25) is 0 Å². The Hall–Kier alpha value is -2.48. The highest BCUT2D eigenvalue weighted by molar-refractivity contribution is 5.91. The average molecular weight is 350 g/mol. The molecular weight excluding hydrogens is 328 g/mol. The van der Waals surface area contributed by atoms with Crippen molar-refractivity contribution in [1.29, 1.82) is 0 Å². The summed E-state index contributed by atoms with van der Waals surface area (Å²) in [7, 11) is 0. The number of hydrogen-bond donors (Lipinski definition) is 1. The van der Waals surface area contributed by atoms with Crippen LogP contribution in [0.5, 0.6) is 0 Å². The van der Waals surface area contributed by atoms with Crippen molar-refractivity contribution < 1.29 is 24.0 Å². The summed E-state index contributed by atoms with van der Waals surface area (Å²) in [5, 5.41) is 13.3. The number of carbonyl (C=O) groups is 2. The van der Waals surface area contributed by atoms with E-state index in [0.29, 0.717) is 25.1 Å². The number of ether oxygens (including phenoxy) is 2. The lowest BCUT2D eigenvalue weighted by molar-refractivity contribution is -0.384. The molecular formula is C17H22N2O6. The predicted octanol–water partition coefficient (Wildman–Crippen LogP) is 2.67. The van der Waals surface area contributed by atoms with E-state index in [2.05, 4.69) is 5.32 Å². The average Bonchev–Trinajstić information content (AvgIpc) is 2.91. The Kier molecular flexibility index (Phi) is 6.46. The fourth-order valence-electron chi connectivity index (χ4n) is 2.55. The number of nitrogens with zero attached hydrogens (tertiary/aromatic N) is 1. The predicted molar refractivity (Wildman–Crippen MR) is 90.0 cm³/mol. The second kappa shape index (κ2) is 8.57. The number of nitrogens with one attached hydrogen (secondary N) is 1. The summed E-state index contributed by atoms with van der Waals surface area (Å²) in [5.74, 6) is -0.840. The minimum absolute atomic E-state index is 0.0404. The van der Waals surface area contributed by atoms with Crippen LogP contribution in [-0.2, 0) is 19.1 Å². The summed E-state index contributed by atoms with van der Waals surface area (Å²) < 4.78 is 10.7. The molecule has 1 aromatic rings. The molecule has 1 aliphatic rings. The fraction of sp³-hybridized carbons (Fsp3) is 0.529. The standard InChI is InChI=1S/C17H22N2O6/c1-11(2)24-10-15-9-12(17(21)25-15)3-8-16(20)18-13-4-6-14(7-5-13)19(22)23/h4-7,11-12,15H,3,8-10H2,1-2H3,(H,18,20)/t12-,15+/m1/s1. The van der Waals surface area contributed by atoms with Gasteiger partial charge in [-0.2, -0.15) is 0 Å². The minimum atomic E-state index is -0.503. The normalized spacial score (nSPS) is 19.7. The Morgan fingerprint density at radius 3 is 2.68 bits per heavy atom. The number of esters is 1. The molecule has 1 aliphatic heterocycles. The van der Waals surface area contributed by atoms with Gasteiger partial charge in [-0.05, 0) is 38.8 Å². The van der Waals surface area contributed by atoms with Crippen LogP contribution in [0, 0.1) is 16.0 Å². The van der Waals surface area contributed by atoms with Gasteiger partial charge < -0.3 is 14.8 Å². The maximum atomic E-state index is 12.0.